The summed E-state index contributed by atoms with van der Waals surface area (Å²) in [5.74, 6) is 1.10. The third-order valence-corrected chi connectivity index (χ3v) is 3.83. The Hall–Kier alpha value is -3.55. The van der Waals surface area contributed by atoms with Crippen LogP contribution in [-0.2, 0) is 4.79 Å². The van der Waals surface area contributed by atoms with Gasteiger partial charge in [-0.3, -0.25) is 9.59 Å². The number of rotatable bonds is 10. The molecule has 0 saturated carbocycles. The van der Waals surface area contributed by atoms with Crippen LogP contribution in [0.5, 0.6) is 17.2 Å². The summed E-state index contributed by atoms with van der Waals surface area (Å²) in [6, 6.07) is 11.9. The van der Waals surface area contributed by atoms with Crippen molar-refractivity contribution in [3.8, 4) is 17.2 Å². The number of hydrogen-bond acceptors (Lipinski definition) is 6. The van der Waals surface area contributed by atoms with Crippen molar-refractivity contribution >= 4 is 18.0 Å². The van der Waals surface area contributed by atoms with Crippen molar-refractivity contribution in [1.29, 1.82) is 0 Å². The van der Waals surface area contributed by atoms with Gasteiger partial charge in [0.2, 0.25) is 0 Å². The van der Waals surface area contributed by atoms with Crippen LogP contribution < -0.4 is 25.0 Å². The van der Waals surface area contributed by atoms with Crippen LogP contribution in [0.15, 0.2) is 47.6 Å². The third kappa shape index (κ3) is 6.84. The number of hydrazone groups is 1. The van der Waals surface area contributed by atoms with Crippen LogP contribution >= 0.6 is 0 Å². The van der Waals surface area contributed by atoms with Gasteiger partial charge in [0.15, 0.2) is 0 Å². The summed E-state index contributed by atoms with van der Waals surface area (Å²) < 4.78 is 15.9. The van der Waals surface area contributed by atoms with Crippen LogP contribution in [-0.4, -0.2) is 45.4 Å². The third-order valence-electron chi connectivity index (χ3n) is 3.83. The Morgan fingerprint density at radius 2 is 1.76 bits per heavy atom. The molecular formula is C21H25N3O5. The molecule has 2 amide bonds. The zero-order valence-corrected chi connectivity index (χ0v) is 16.7. The predicted molar refractivity (Wildman–Crippen MR) is 110 cm³/mol. The standard InChI is InChI=1S/C21H25N3O5/c1-4-11-29-17-7-5-15(6-8-17)21(26)22-14-20(25)24-23-13-16-12-18(27-2)9-10-19(16)28-3/h5-10,12-13H,4,11,14H2,1-3H3,(H,22,26)(H,24,25)/b23-13+. The summed E-state index contributed by atoms with van der Waals surface area (Å²) in [6.07, 6.45) is 2.35. The largest absolute Gasteiger partial charge is 0.497 e. The molecule has 0 aliphatic carbocycles. The fraction of sp³-hybridized carbons (Fsp3) is 0.286. The van der Waals surface area contributed by atoms with E-state index in [9.17, 15) is 9.59 Å². The summed E-state index contributed by atoms with van der Waals surface area (Å²) in [7, 11) is 3.09. The number of hydrogen-bond donors (Lipinski definition) is 2. The lowest BCUT2D eigenvalue weighted by molar-refractivity contribution is -0.120. The van der Waals surface area contributed by atoms with Crippen molar-refractivity contribution in [2.24, 2.45) is 5.10 Å². The van der Waals surface area contributed by atoms with Gasteiger partial charge in [-0.15, -0.1) is 0 Å². The van der Waals surface area contributed by atoms with Gasteiger partial charge in [-0.05, 0) is 48.9 Å². The van der Waals surface area contributed by atoms with Crippen molar-refractivity contribution < 1.29 is 23.8 Å². The fourth-order valence-corrected chi connectivity index (χ4v) is 2.34. The van der Waals surface area contributed by atoms with Gasteiger partial charge < -0.3 is 19.5 Å². The maximum atomic E-state index is 12.1. The highest BCUT2D eigenvalue weighted by Crippen LogP contribution is 2.22. The van der Waals surface area contributed by atoms with E-state index in [1.807, 2.05) is 6.92 Å². The molecule has 0 unspecified atom stereocenters. The van der Waals surface area contributed by atoms with Crippen molar-refractivity contribution in [2.45, 2.75) is 13.3 Å². The molecule has 2 N–H and O–H groups in total. The first-order chi connectivity index (χ1) is 14.1. The van der Waals surface area contributed by atoms with Gasteiger partial charge in [-0.1, -0.05) is 6.92 Å². The van der Waals surface area contributed by atoms with E-state index >= 15 is 0 Å². The van der Waals surface area contributed by atoms with Crippen molar-refractivity contribution in [1.82, 2.24) is 10.7 Å². The van der Waals surface area contributed by atoms with E-state index < -0.39 is 5.91 Å². The summed E-state index contributed by atoms with van der Waals surface area (Å²) in [4.78, 5) is 24.0. The van der Waals surface area contributed by atoms with Crippen LogP contribution in [0.4, 0.5) is 0 Å². The molecule has 0 bridgehead atoms. The molecule has 2 rings (SSSR count). The first-order valence-corrected chi connectivity index (χ1v) is 9.12. The van der Waals surface area contributed by atoms with Gasteiger partial charge in [0.25, 0.3) is 11.8 Å². The highest BCUT2D eigenvalue weighted by molar-refractivity contribution is 5.96. The summed E-state index contributed by atoms with van der Waals surface area (Å²) >= 11 is 0. The molecule has 0 saturated heterocycles. The molecule has 0 aromatic heterocycles. The molecule has 8 nitrogen and oxygen atoms in total. The highest BCUT2D eigenvalue weighted by atomic mass is 16.5. The number of amides is 2. The van der Waals surface area contributed by atoms with E-state index in [2.05, 4.69) is 15.8 Å². The van der Waals surface area contributed by atoms with E-state index in [1.54, 1.807) is 49.6 Å². The molecular weight excluding hydrogens is 374 g/mol. The van der Waals surface area contributed by atoms with Gasteiger partial charge in [0.05, 0.1) is 33.6 Å². The van der Waals surface area contributed by atoms with Crippen LogP contribution in [0.1, 0.15) is 29.3 Å². The number of benzene rings is 2. The molecule has 0 aliphatic rings. The van der Waals surface area contributed by atoms with Gasteiger partial charge in [0.1, 0.15) is 17.2 Å². The lowest BCUT2D eigenvalue weighted by Gasteiger charge is -2.07. The molecule has 0 atom stereocenters. The highest BCUT2D eigenvalue weighted by Gasteiger charge is 2.08. The number of nitrogens with zero attached hydrogens (tertiary/aromatic N) is 1. The van der Waals surface area contributed by atoms with Crippen LogP contribution in [0.3, 0.4) is 0 Å². The topological polar surface area (TPSA) is 98.2 Å². The Kier molecular flexibility index (Phi) is 8.50. The number of ether oxygens (including phenoxy) is 3. The molecule has 29 heavy (non-hydrogen) atoms. The smallest absolute Gasteiger partial charge is 0.259 e. The Morgan fingerprint density at radius 1 is 1.03 bits per heavy atom. The van der Waals surface area contributed by atoms with Gasteiger partial charge in [-0.25, -0.2) is 5.43 Å². The van der Waals surface area contributed by atoms with E-state index in [1.165, 1.54) is 13.3 Å². The second kappa shape index (κ2) is 11.3. The maximum absolute atomic E-state index is 12.1. The molecule has 0 aliphatic heterocycles. The number of nitrogens with one attached hydrogen (secondary N) is 2. The van der Waals surface area contributed by atoms with Gasteiger partial charge in [-0.2, -0.15) is 5.10 Å². The van der Waals surface area contributed by atoms with E-state index in [0.29, 0.717) is 35.0 Å². The predicted octanol–water partition coefficient (Wildman–Crippen LogP) is 2.37. The van der Waals surface area contributed by atoms with E-state index in [4.69, 9.17) is 14.2 Å². The molecule has 0 fully saturated rings. The number of methoxy groups -OCH3 is 2. The molecule has 0 heterocycles. The molecule has 154 valence electrons. The molecule has 2 aromatic carbocycles. The average Bonchev–Trinajstić information content (AvgIpc) is 2.76. The first kappa shape index (κ1) is 21.7. The minimum Gasteiger partial charge on any atom is -0.497 e. The zero-order chi connectivity index (χ0) is 21.1. The van der Waals surface area contributed by atoms with Gasteiger partial charge in [0, 0.05) is 11.1 Å². The van der Waals surface area contributed by atoms with Crippen LogP contribution in [0.25, 0.3) is 0 Å². The Balaban J connectivity index is 1.83. The Bertz CT molecular complexity index is 850. The molecule has 2 aromatic rings. The number of carbonyl (C=O) groups excluding carboxylic acids is 2. The van der Waals surface area contributed by atoms with Gasteiger partial charge >= 0.3 is 0 Å². The summed E-state index contributed by atoms with van der Waals surface area (Å²) in [5, 5.41) is 6.43. The molecule has 0 spiro atoms. The van der Waals surface area contributed by atoms with Crippen LogP contribution in [0, 0.1) is 0 Å². The minimum absolute atomic E-state index is 0.209. The lowest BCUT2D eigenvalue weighted by atomic mass is 10.2. The van der Waals surface area contributed by atoms with E-state index in [-0.39, 0.29) is 12.5 Å². The molecule has 8 heteroatoms. The van der Waals surface area contributed by atoms with Crippen LogP contribution in [0.2, 0.25) is 0 Å². The lowest BCUT2D eigenvalue weighted by Crippen LogP contribution is -2.34. The summed E-state index contributed by atoms with van der Waals surface area (Å²) in [6.45, 7) is 2.43. The monoisotopic (exact) mass is 399 g/mol. The Labute approximate surface area is 169 Å². The average molecular weight is 399 g/mol. The Morgan fingerprint density at radius 3 is 2.41 bits per heavy atom. The minimum atomic E-state index is -0.459. The quantitative estimate of drug-likeness (QED) is 0.472. The zero-order valence-electron chi connectivity index (χ0n) is 16.7. The second-order valence-electron chi connectivity index (χ2n) is 5.96. The second-order valence-corrected chi connectivity index (χ2v) is 5.96. The number of carbonyl (C=O) groups is 2. The van der Waals surface area contributed by atoms with E-state index in [0.717, 1.165) is 6.42 Å². The maximum Gasteiger partial charge on any atom is 0.259 e. The van der Waals surface area contributed by atoms with Crippen molar-refractivity contribution in [3.63, 3.8) is 0 Å². The van der Waals surface area contributed by atoms with Crippen molar-refractivity contribution in [2.75, 3.05) is 27.4 Å². The molecule has 0 radical (unpaired) electrons. The summed E-state index contributed by atoms with van der Waals surface area (Å²) in [5.41, 5.74) is 3.44. The first-order valence-electron chi connectivity index (χ1n) is 9.12. The SMILES string of the molecule is CCCOc1ccc(C(=O)NCC(=O)N/N=C/c2cc(OC)ccc2OC)cc1. The normalized spacial score (nSPS) is 10.4. The van der Waals surface area contributed by atoms with Crippen molar-refractivity contribution in [3.05, 3.63) is 53.6 Å². The fourth-order valence-electron chi connectivity index (χ4n) is 2.34.